The van der Waals surface area contributed by atoms with E-state index in [2.05, 4.69) is 10.6 Å². The maximum atomic E-state index is 12.5. The molecule has 0 unspecified atom stereocenters. The van der Waals surface area contributed by atoms with Crippen molar-refractivity contribution in [1.82, 2.24) is 9.29 Å². The molecule has 0 saturated heterocycles. The van der Waals surface area contributed by atoms with Gasteiger partial charge in [-0.3, -0.25) is 13.6 Å². The van der Waals surface area contributed by atoms with Gasteiger partial charge >= 0.3 is 0 Å². The van der Waals surface area contributed by atoms with Gasteiger partial charge in [0.15, 0.2) is 0 Å². The van der Waals surface area contributed by atoms with Crippen LogP contribution in [-0.2, 0) is 6.42 Å². The Morgan fingerprint density at radius 2 is 1.97 bits per heavy atom. The number of fused-ring (bicyclic) bond motifs is 2. The van der Waals surface area contributed by atoms with Crippen molar-refractivity contribution in [3.63, 3.8) is 0 Å². The Kier molecular flexibility index (Phi) is 5.31. The number of nitrogens with zero attached hydrogens (tertiary/aromatic N) is 1. The van der Waals surface area contributed by atoms with Crippen LogP contribution in [-0.4, -0.2) is 29.4 Å². The quantitative estimate of drug-likeness (QED) is 0.673. The second kappa shape index (κ2) is 8.05. The molecule has 0 spiro atoms. The summed E-state index contributed by atoms with van der Waals surface area (Å²) in [6.07, 6.45) is 2.65. The summed E-state index contributed by atoms with van der Waals surface area (Å²) >= 11 is 1.46. The fourth-order valence-electron chi connectivity index (χ4n) is 3.17. The first-order valence-electron chi connectivity index (χ1n) is 9.27. The van der Waals surface area contributed by atoms with E-state index in [1.54, 1.807) is 19.2 Å². The van der Waals surface area contributed by atoms with Crippen molar-refractivity contribution < 1.29 is 14.3 Å². The molecular formula is C22H21N3O3S. The molecule has 4 rings (SSSR count). The molecule has 0 aliphatic carbocycles. The van der Waals surface area contributed by atoms with Crippen LogP contribution in [0.25, 0.3) is 0 Å². The number of carbonyl (C=O) groups excluding carboxylic acids is 2. The van der Waals surface area contributed by atoms with Crippen LogP contribution in [0.2, 0.25) is 0 Å². The van der Waals surface area contributed by atoms with Crippen LogP contribution in [0.3, 0.4) is 0 Å². The zero-order chi connectivity index (χ0) is 20.4. The van der Waals surface area contributed by atoms with Crippen molar-refractivity contribution in [3.8, 4) is 5.75 Å². The molecule has 0 radical (unpaired) electrons. The monoisotopic (exact) mass is 407 g/mol. The molecule has 6 nitrogen and oxygen atoms in total. The number of ether oxygens (including phenoxy) is 1. The number of aryl methyl sites for hydroxylation is 1. The number of hydrogen-bond donors (Lipinski definition) is 2. The van der Waals surface area contributed by atoms with Gasteiger partial charge in [-0.25, -0.2) is 0 Å². The fourth-order valence-corrected chi connectivity index (χ4v) is 4.17. The van der Waals surface area contributed by atoms with Gasteiger partial charge in [0.25, 0.3) is 11.8 Å². The Bertz CT molecular complexity index is 1070. The van der Waals surface area contributed by atoms with E-state index in [9.17, 15) is 9.59 Å². The maximum Gasteiger partial charge on any atom is 0.273 e. The van der Waals surface area contributed by atoms with Crippen molar-refractivity contribution in [1.29, 1.82) is 0 Å². The topological polar surface area (TPSA) is 72.4 Å². The normalized spacial score (nSPS) is 12.4. The van der Waals surface area contributed by atoms with Gasteiger partial charge in [0.2, 0.25) is 0 Å². The molecular weight excluding hydrogens is 386 g/mol. The molecule has 0 bridgehead atoms. The number of methoxy groups -OCH3 is 1. The molecule has 1 aromatic heterocycles. The average Bonchev–Trinajstić information content (AvgIpc) is 3.04. The first kappa shape index (κ1) is 19.1. The number of nitrogens with one attached hydrogen (secondary N) is 2. The summed E-state index contributed by atoms with van der Waals surface area (Å²) < 4.78 is 7.00. The smallest absolute Gasteiger partial charge is 0.273 e. The van der Waals surface area contributed by atoms with Gasteiger partial charge in [-0.15, -0.1) is 0 Å². The molecule has 29 heavy (non-hydrogen) atoms. The third-order valence-electron chi connectivity index (χ3n) is 4.70. The number of anilines is 1. The van der Waals surface area contributed by atoms with Crippen molar-refractivity contribution in [2.75, 3.05) is 19.0 Å². The summed E-state index contributed by atoms with van der Waals surface area (Å²) in [5.74, 6) is 0.464. The van der Waals surface area contributed by atoms with Crippen LogP contribution in [0.4, 0.5) is 5.69 Å². The highest BCUT2D eigenvalue weighted by Crippen LogP contribution is 2.34. The maximum absolute atomic E-state index is 12.5. The lowest BCUT2D eigenvalue weighted by Crippen LogP contribution is -2.25. The van der Waals surface area contributed by atoms with Gasteiger partial charge in [0.1, 0.15) is 11.4 Å². The number of aromatic nitrogens is 1. The zero-order valence-corrected chi connectivity index (χ0v) is 17.0. The highest BCUT2D eigenvalue weighted by molar-refractivity contribution is 7.98. The molecule has 0 atom stereocenters. The Morgan fingerprint density at radius 3 is 2.72 bits per heavy atom. The van der Waals surface area contributed by atoms with E-state index >= 15 is 0 Å². The summed E-state index contributed by atoms with van der Waals surface area (Å²) in [5.41, 5.74) is 3.90. The van der Waals surface area contributed by atoms with Crippen molar-refractivity contribution >= 4 is 29.4 Å². The van der Waals surface area contributed by atoms with E-state index in [1.807, 2.05) is 53.5 Å². The zero-order valence-electron chi connectivity index (χ0n) is 16.2. The molecule has 1 aliphatic rings. The van der Waals surface area contributed by atoms with Gasteiger partial charge in [-0.1, -0.05) is 12.1 Å². The number of carbonyl (C=O) groups is 2. The minimum absolute atomic E-state index is 0.166. The molecule has 7 heteroatoms. The first-order valence-corrected chi connectivity index (χ1v) is 10.0. The van der Waals surface area contributed by atoms with Crippen LogP contribution in [0, 0.1) is 6.92 Å². The highest BCUT2D eigenvalue weighted by Gasteiger charge is 2.21. The molecule has 148 valence electrons. The lowest BCUT2D eigenvalue weighted by molar-refractivity contribution is 0.0952. The lowest BCUT2D eigenvalue weighted by Gasteiger charge is -2.10. The molecule has 0 saturated carbocycles. The number of hydrogen-bond acceptors (Lipinski definition) is 4. The predicted molar refractivity (Wildman–Crippen MR) is 114 cm³/mol. The number of benzene rings is 2. The largest absolute Gasteiger partial charge is 0.497 e. The Hall–Kier alpha value is -3.19. The molecule has 1 aliphatic heterocycles. The molecule has 0 fully saturated rings. The molecule has 2 heterocycles. The van der Waals surface area contributed by atoms with Crippen LogP contribution in [0.1, 0.15) is 32.0 Å². The van der Waals surface area contributed by atoms with E-state index in [4.69, 9.17) is 4.74 Å². The third-order valence-corrected chi connectivity index (χ3v) is 5.75. The van der Waals surface area contributed by atoms with Crippen LogP contribution >= 0.6 is 11.9 Å². The standard InChI is InChI=1S/C22H21N3O3S/c1-14-11-19-22(27)24-18-12-16(5-8-20(18)29-25(19)13-14)21(26)23-10-9-15-3-6-17(28-2)7-4-15/h3-8,11-13H,9-10H2,1-2H3,(H,23,26)(H,24,27). The van der Waals surface area contributed by atoms with E-state index in [0.29, 0.717) is 23.5 Å². The summed E-state index contributed by atoms with van der Waals surface area (Å²) in [6.45, 7) is 2.48. The second-order valence-electron chi connectivity index (χ2n) is 6.84. The molecule has 2 aromatic carbocycles. The molecule has 2 N–H and O–H groups in total. The Labute approximate surface area is 173 Å². The summed E-state index contributed by atoms with van der Waals surface area (Å²) in [5, 5.41) is 5.84. The third kappa shape index (κ3) is 4.14. The van der Waals surface area contributed by atoms with E-state index < -0.39 is 0 Å². The molecule has 3 aromatic rings. The van der Waals surface area contributed by atoms with Crippen molar-refractivity contribution in [2.45, 2.75) is 18.2 Å². The van der Waals surface area contributed by atoms with E-state index in [1.165, 1.54) is 11.9 Å². The number of amides is 2. The fraction of sp³-hybridized carbons (Fsp3) is 0.182. The minimum atomic E-state index is -0.179. The predicted octanol–water partition coefficient (Wildman–Crippen LogP) is 3.90. The van der Waals surface area contributed by atoms with Crippen molar-refractivity contribution in [3.05, 3.63) is 77.1 Å². The van der Waals surface area contributed by atoms with Gasteiger partial charge in [-0.05, 0) is 72.8 Å². The van der Waals surface area contributed by atoms with E-state index in [-0.39, 0.29) is 11.8 Å². The van der Waals surface area contributed by atoms with Gasteiger partial charge in [-0.2, -0.15) is 0 Å². The summed E-state index contributed by atoms with van der Waals surface area (Å²) in [6, 6.07) is 15.0. The van der Waals surface area contributed by atoms with Crippen LogP contribution < -0.4 is 15.4 Å². The van der Waals surface area contributed by atoms with Gasteiger partial charge in [0.05, 0.1) is 17.7 Å². The SMILES string of the molecule is COc1ccc(CCNC(=O)c2ccc3c(c2)NC(=O)c2cc(C)cn2S3)cc1. The molecule has 2 amide bonds. The van der Waals surface area contributed by atoms with E-state index in [0.717, 1.165) is 28.2 Å². The number of rotatable bonds is 5. The summed E-state index contributed by atoms with van der Waals surface area (Å²) in [7, 11) is 1.63. The van der Waals surface area contributed by atoms with Gasteiger partial charge < -0.3 is 15.4 Å². The Morgan fingerprint density at radius 1 is 1.17 bits per heavy atom. The second-order valence-corrected chi connectivity index (χ2v) is 7.85. The minimum Gasteiger partial charge on any atom is -0.497 e. The lowest BCUT2D eigenvalue weighted by atomic mass is 10.1. The van der Waals surface area contributed by atoms with Crippen LogP contribution in [0.15, 0.2) is 59.6 Å². The Balaban J connectivity index is 1.42. The highest BCUT2D eigenvalue weighted by atomic mass is 32.2. The van der Waals surface area contributed by atoms with Gasteiger partial charge in [0, 0.05) is 18.3 Å². The first-order chi connectivity index (χ1) is 14.0. The average molecular weight is 407 g/mol. The summed E-state index contributed by atoms with van der Waals surface area (Å²) in [4.78, 5) is 25.9. The van der Waals surface area contributed by atoms with Crippen molar-refractivity contribution in [2.24, 2.45) is 0 Å². The van der Waals surface area contributed by atoms with Crippen LogP contribution in [0.5, 0.6) is 5.75 Å².